The highest BCUT2D eigenvalue weighted by Crippen LogP contribution is 2.59. The quantitative estimate of drug-likeness (QED) is 0.360. The van der Waals surface area contributed by atoms with Gasteiger partial charge in [-0.15, -0.1) is 0 Å². The first-order chi connectivity index (χ1) is 13.9. The number of aromatic hydroxyl groups is 2. The topological polar surface area (TPSA) is 114 Å². The number of esters is 1. The molecule has 0 radical (unpaired) electrons. The van der Waals surface area contributed by atoms with E-state index in [4.69, 9.17) is 27.4 Å². The molecule has 29 heavy (non-hydrogen) atoms. The number of nitrogens with one attached hydrogen (secondary N) is 1. The molecule has 0 saturated heterocycles. The summed E-state index contributed by atoms with van der Waals surface area (Å²) in [5, 5.41) is 23.0. The Balaban J connectivity index is 1.92. The number of fused-ring (bicyclic) bond motifs is 6. The number of thiocarbonyl (C=S) groups is 1. The van der Waals surface area contributed by atoms with Crippen molar-refractivity contribution in [2.75, 3.05) is 5.32 Å². The molecule has 0 saturated carbocycles. The van der Waals surface area contributed by atoms with Crippen molar-refractivity contribution in [2.24, 2.45) is 5.73 Å². The summed E-state index contributed by atoms with van der Waals surface area (Å²) in [6.45, 7) is 0. The molecule has 0 amide bonds. The summed E-state index contributed by atoms with van der Waals surface area (Å²) in [6.07, 6.45) is 0. The number of ether oxygens (including phenoxy) is 2. The van der Waals surface area contributed by atoms with E-state index < -0.39 is 11.6 Å². The molecule has 144 valence electrons. The van der Waals surface area contributed by atoms with Gasteiger partial charge in [-0.25, -0.2) is 4.79 Å². The van der Waals surface area contributed by atoms with Crippen molar-refractivity contribution in [1.82, 2.24) is 0 Å². The number of rotatable bonds is 1. The monoisotopic (exact) mass is 406 g/mol. The number of hydrogen-bond acceptors (Lipinski definition) is 6. The minimum absolute atomic E-state index is 0.0124. The SMILES string of the molecule is NC(=S)Nc1cc(O)cc2c1C1(OC(=O)c3ccccc31)c1ccc(O)cc1O2. The molecule has 2 heterocycles. The molecule has 5 rings (SSSR count). The van der Waals surface area contributed by atoms with Crippen LogP contribution in [0.3, 0.4) is 0 Å². The molecule has 5 N–H and O–H groups in total. The molecule has 0 aromatic heterocycles. The maximum absolute atomic E-state index is 12.8. The Hall–Kier alpha value is -3.78. The Labute approximate surface area is 170 Å². The van der Waals surface area contributed by atoms with E-state index in [0.717, 1.165) is 0 Å². The van der Waals surface area contributed by atoms with Gasteiger partial charge in [0.1, 0.15) is 23.0 Å². The molecule has 2 aliphatic heterocycles. The molecule has 0 bridgehead atoms. The third-order valence-electron chi connectivity index (χ3n) is 5.03. The predicted octanol–water partition coefficient (Wildman–Crippen LogP) is 3.32. The first-order valence-corrected chi connectivity index (χ1v) is 9.09. The first-order valence-electron chi connectivity index (χ1n) is 8.68. The van der Waals surface area contributed by atoms with E-state index in [2.05, 4.69) is 5.32 Å². The number of benzene rings is 3. The highest BCUT2D eigenvalue weighted by Gasteiger charge is 2.54. The van der Waals surface area contributed by atoms with E-state index in [1.165, 1.54) is 24.3 Å². The lowest BCUT2D eigenvalue weighted by atomic mass is 9.77. The van der Waals surface area contributed by atoms with Gasteiger partial charge in [0.05, 0.1) is 16.8 Å². The molecule has 0 aliphatic carbocycles. The van der Waals surface area contributed by atoms with E-state index in [-0.39, 0.29) is 22.4 Å². The van der Waals surface area contributed by atoms with Gasteiger partial charge in [-0.05, 0) is 30.4 Å². The summed E-state index contributed by atoms with van der Waals surface area (Å²) in [5.74, 6) is -0.0671. The van der Waals surface area contributed by atoms with Crippen molar-refractivity contribution in [1.29, 1.82) is 0 Å². The van der Waals surface area contributed by atoms with Crippen LogP contribution in [-0.2, 0) is 10.3 Å². The highest BCUT2D eigenvalue weighted by atomic mass is 32.1. The van der Waals surface area contributed by atoms with Gasteiger partial charge in [0.2, 0.25) is 0 Å². The number of nitrogens with two attached hydrogens (primary N) is 1. The zero-order valence-corrected chi connectivity index (χ0v) is 15.6. The smallest absolute Gasteiger partial charge is 0.340 e. The van der Waals surface area contributed by atoms with Gasteiger partial charge in [0.15, 0.2) is 10.7 Å². The number of phenolic OH excluding ortho intramolecular Hbond substituents is 2. The van der Waals surface area contributed by atoms with Crippen LogP contribution in [0.4, 0.5) is 5.69 Å². The second-order valence-electron chi connectivity index (χ2n) is 6.75. The van der Waals surface area contributed by atoms with Gasteiger partial charge in [-0.3, -0.25) is 0 Å². The van der Waals surface area contributed by atoms with Gasteiger partial charge >= 0.3 is 5.97 Å². The lowest BCUT2D eigenvalue weighted by molar-refractivity contribution is 0.0227. The third kappa shape index (κ3) is 2.36. The minimum Gasteiger partial charge on any atom is -0.508 e. The number of hydrogen-bond donors (Lipinski definition) is 4. The van der Waals surface area contributed by atoms with E-state index >= 15 is 0 Å². The van der Waals surface area contributed by atoms with E-state index in [1.807, 2.05) is 0 Å². The molecule has 2 aliphatic rings. The van der Waals surface area contributed by atoms with Crippen molar-refractivity contribution in [3.05, 3.63) is 76.9 Å². The van der Waals surface area contributed by atoms with Crippen LogP contribution in [0.2, 0.25) is 0 Å². The fourth-order valence-corrected chi connectivity index (χ4v) is 4.13. The molecular weight excluding hydrogens is 392 g/mol. The van der Waals surface area contributed by atoms with E-state index in [1.54, 1.807) is 30.3 Å². The van der Waals surface area contributed by atoms with E-state index in [0.29, 0.717) is 33.7 Å². The fourth-order valence-electron chi connectivity index (χ4n) is 4.02. The van der Waals surface area contributed by atoms with Gasteiger partial charge in [0, 0.05) is 29.3 Å². The van der Waals surface area contributed by atoms with Crippen LogP contribution < -0.4 is 15.8 Å². The van der Waals surface area contributed by atoms with Crippen LogP contribution in [0, 0.1) is 0 Å². The highest BCUT2D eigenvalue weighted by molar-refractivity contribution is 7.80. The Morgan fingerprint density at radius 2 is 1.76 bits per heavy atom. The number of anilines is 1. The van der Waals surface area contributed by atoms with Crippen LogP contribution in [0.5, 0.6) is 23.0 Å². The van der Waals surface area contributed by atoms with Gasteiger partial charge < -0.3 is 30.7 Å². The number of phenols is 2. The summed E-state index contributed by atoms with van der Waals surface area (Å²) in [4.78, 5) is 12.8. The standard InChI is InChI=1S/C21H14N2O5S/c22-20(29)23-15-7-11(25)9-17-18(15)21(14-6-5-10(24)8-16(14)27-17)13-4-2-1-3-12(13)19(26)28-21/h1-9,24-25H,(H3,22,23,29). The van der Waals surface area contributed by atoms with Crippen LogP contribution in [-0.4, -0.2) is 21.3 Å². The van der Waals surface area contributed by atoms with Crippen molar-refractivity contribution in [3.8, 4) is 23.0 Å². The molecule has 1 spiro atoms. The second-order valence-corrected chi connectivity index (χ2v) is 7.19. The fraction of sp³-hybridized carbons (Fsp3) is 0.0476. The molecule has 3 aromatic carbocycles. The number of carbonyl (C=O) groups excluding carboxylic acids is 1. The first kappa shape index (κ1) is 17.3. The molecule has 3 aromatic rings. The Kier molecular flexibility index (Phi) is 3.50. The maximum Gasteiger partial charge on any atom is 0.340 e. The summed E-state index contributed by atoms with van der Waals surface area (Å²) >= 11 is 4.99. The average molecular weight is 406 g/mol. The van der Waals surface area contributed by atoms with Gasteiger partial charge in [-0.2, -0.15) is 0 Å². The molecule has 0 fully saturated rings. The lowest BCUT2D eigenvalue weighted by Gasteiger charge is -2.37. The van der Waals surface area contributed by atoms with E-state index in [9.17, 15) is 15.0 Å². The van der Waals surface area contributed by atoms with Crippen LogP contribution in [0.1, 0.15) is 27.0 Å². The van der Waals surface area contributed by atoms with Crippen molar-refractivity contribution in [2.45, 2.75) is 5.60 Å². The molecule has 1 atom stereocenters. The van der Waals surface area contributed by atoms with Crippen molar-refractivity contribution >= 4 is 29.0 Å². The van der Waals surface area contributed by atoms with Crippen LogP contribution in [0.15, 0.2) is 54.6 Å². The second kappa shape index (κ2) is 5.86. The summed E-state index contributed by atoms with van der Waals surface area (Å²) in [6, 6.07) is 14.4. The zero-order valence-electron chi connectivity index (χ0n) is 14.8. The lowest BCUT2D eigenvalue weighted by Crippen LogP contribution is -2.34. The average Bonchev–Trinajstić information content (AvgIpc) is 2.94. The molecular formula is C21H14N2O5S. The minimum atomic E-state index is -1.37. The van der Waals surface area contributed by atoms with Gasteiger partial charge in [-0.1, -0.05) is 18.2 Å². The van der Waals surface area contributed by atoms with Crippen molar-refractivity contribution < 1.29 is 24.5 Å². The van der Waals surface area contributed by atoms with Gasteiger partial charge in [0.25, 0.3) is 0 Å². The third-order valence-corrected chi connectivity index (χ3v) is 5.14. The van der Waals surface area contributed by atoms with Crippen LogP contribution in [0.25, 0.3) is 0 Å². The summed E-state index contributed by atoms with van der Waals surface area (Å²) in [7, 11) is 0. The maximum atomic E-state index is 12.8. The normalized spacial score (nSPS) is 18.3. The molecule has 8 heteroatoms. The molecule has 7 nitrogen and oxygen atoms in total. The summed E-state index contributed by atoms with van der Waals surface area (Å²) < 4.78 is 12.0. The van der Waals surface area contributed by atoms with Crippen LogP contribution >= 0.6 is 12.2 Å². The Morgan fingerprint density at radius 1 is 1.00 bits per heavy atom. The predicted molar refractivity (Wildman–Crippen MR) is 108 cm³/mol. The molecule has 1 unspecified atom stereocenters. The largest absolute Gasteiger partial charge is 0.508 e. The number of carbonyl (C=O) groups is 1. The van der Waals surface area contributed by atoms with Crippen molar-refractivity contribution in [3.63, 3.8) is 0 Å². The Bertz CT molecular complexity index is 1230. The Morgan fingerprint density at radius 3 is 2.55 bits per heavy atom. The summed E-state index contributed by atoms with van der Waals surface area (Å²) in [5.41, 5.74) is 6.65. The zero-order chi connectivity index (χ0) is 20.3.